The number of aryl methyl sites for hydroxylation is 2. The Labute approximate surface area is 113 Å². The first-order valence-corrected chi connectivity index (χ1v) is 6.85. The lowest BCUT2D eigenvalue weighted by Gasteiger charge is -2.09. The van der Waals surface area contributed by atoms with Crippen LogP contribution in [0.1, 0.15) is 22.3 Å². The fourth-order valence-corrected chi connectivity index (χ4v) is 3.22. The fraction of sp³-hybridized carbons (Fsp3) is 0.158. The summed E-state index contributed by atoms with van der Waals surface area (Å²) >= 11 is 0. The van der Waals surface area contributed by atoms with Crippen molar-refractivity contribution in [2.24, 2.45) is 0 Å². The molecule has 0 spiro atoms. The van der Waals surface area contributed by atoms with Crippen LogP contribution in [0.25, 0.3) is 21.9 Å². The molecule has 1 aliphatic rings. The Morgan fingerprint density at radius 3 is 2.53 bits per heavy atom. The van der Waals surface area contributed by atoms with E-state index in [1.54, 1.807) is 0 Å². The first-order chi connectivity index (χ1) is 9.24. The second-order valence-corrected chi connectivity index (χ2v) is 5.57. The van der Waals surface area contributed by atoms with Crippen LogP contribution in [0, 0.1) is 13.8 Å². The van der Waals surface area contributed by atoms with Crippen molar-refractivity contribution in [2.45, 2.75) is 20.3 Å². The molecule has 0 aromatic heterocycles. The van der Waals surface area contributed by atoms with Crippen LogP contribution in [-0.4, -0.2) is 0 Å². The third kappa shape index (κ3) is 1.46. The lowest BCUT2D eigenvalue weighted by Crippen LogP contribution is -1.87. The first kappa shape index (κ1) is 10.8. The SMILES string of the molecule is Cc1ccc2cc3c(cc2c1C)-c1ccccc1C3. The predicted octanol–water partition coefficient (Wildman–Crippen LogP) is 5.03. The van der Waals surface area contributed by atoms with E-state index in [2.05, 4.69) is 62.4 Å². The van der Waals surface area contributed by atoms with Gasteiger partial charge in [-0.25, -0.2) is 0 Å². The van der Waals surface area contributed by atoms with Gasteiger partial charge in [-0.3, -0.25) is 0 Å². The standard InChI is InChI=1S/C19H16/c1-12-7-8-15-10-16-9-14-5-3-4-6-17(14)19(16)11-18(15)13(12)2/h3-8,10-11H,9H2,1-2H3. The largest absolute Gasteiger partial charge is 0.0619 e. The molecule has 0 unspecified atom stereocenters. The summed E-state index contributed by atoms with van der Waals surface area (Å²) in [6, 6.07) is 18.0. The molecule has 0 nitrogen and oxygen atoms in total. The Bertz CT molecular complexity index is 810. The molecule has 0 atom stereocenters. The van der Waals surface area contributed by atoms with Gasteiger partial charge in [0.1, 0.15) is 0 Å². The highest BCUT2D eigenvalue weighted by Gasteiger charge is 2.18. The molecule has 0 amide bonds. The lowest BCUT2D eigenvalue weighted by atomic mass is 9.95. The summed E-state index contributed by atoms with van der Waals surface area (Å²) in [6.07, 6.45) is 1.08. The number of hydrogen-bond acceptors (Lipinski definition) is 0. The highest BCUT2D eigenvalue weighted by molar-refractivity contribution is 5.94. The summed E-state index contributed by atoms with van der Waals surface area (Å²) in [7, 11) is 0. The van der Waals surface area contributed by atoms with E-state index in [0.29, 0.717) is 0 Å². The normalized spacial score (nSPS) is 12.5. The quantitative estimate of drug-likeness (QED) is 0.407. The maximum absolute atomic E-state index is 2.39. The first-order valence-electron chi connectivity index (χ1n) is 6.85. The van der Waals surface area contributed by atoms with Gasteiger partial charge in [-0.15, -0.1) is 0 Å². The smallest absolute Gasteiger partial charge is 0.00132 e. The van der Waals surface area contributed by atoms with Crippen molar-refractivity contribution < 1.29 is 0 Å². The number of rotatable bonds is 0. The van der Waals surface area contributed by atoms with Gasteiger partial charge in [0.25, 0.3) is 0 Å². The van der Waals surface area contributed by atoms with Crippen molar-refractivity contribution in [2.75, 3.05) is 0 Å². The van der Waals surface area contributed by atoms with E-state index in [0.717, 1.165) is 6.42 Å². The van der Waals surface area contributed by atoms with Crippen LogP contribution < -0.4 is 0 Å². The molecule has 0 heterocycles. The van der Waals surface area contributed by atoms with Crippen molar-refractivity contribution in [3.8, 4) is 11.1 Å². The highest BCUT2D eigenvalue weighted by atomic mass is 14.2. The molecular formula is C19H16. The van der Waals surface area contributed by atoms with Crippen LogP contribution in [0.15, 0.2) is 48.5 Å². The monoisotopic (exact) mass is 244 g/mol. The fourth-order valence-electron chi connectivity index (χ4n) is 3.22. The van der Waals surface area contributed by atoms with E-state index >= 15 is 0 Å². The Morgan fingerprint density at radius 1 is 0.789 bits per heavy atom. The Kier molecular flexibility index (Phi) is 2.11. The van der Waals surface area contributed by atoms with E-state index in [9.17, 15) is 0 Å². The summed E-state index contributed by atoms with van der Waals surface area (Å²) in [5.41, 5.74) is 8.56. The summed E-state index contributed by atoms with van der Waals surface area (Å²) in [4.78, 5) is 0. The highest BCUT2D eigenvalue weighted by Crippen LogP contribution is 2.39. The van der Waals surface area contributed by atoms with Crippen LogP contribution in [-0.2, 0) is 6.42 Å². The molecule has 0 heteroatoms. The van der Waals surface area contributed by atoms with Crippen molar-refractivity contribution in [1.29, 1.82) is 0 Å². The molecule has 19 heavy (non-hydrogen) atoms. The molecule has 4 rings (SSSR count). The Balaban J connectivity index is 2.08. The molecule has 3 aromatic rings. The maximum Gasteiger partial charge on any atom is -0.00132 e. The second kappa shape index (κ2) is 3.71. The molecule has 92 valence electrons. The van der Waals surface area contributed by atoms with Gasteiger partial charge in [0, 0.05) is 0 Å². The Morgan fingerprint density at radius 2 is 1.63 bits per heavy atom. The molecule has 0 saturated carbocycles. The summed E-state index contributed by atoms with van der Waals surface area (Å²) in [5.74, 6) is 0. The van der Waals surface area contributed by atoms with E-state index in [1.165, 1.54) is 44.2 Å². The number of benzene rings is 3. The molecule has 0 N–H and O–H groups in total. The predicted molar refractivity (Wildman–Crippen MR) is 81.7 cm³/mol. The van der Waals surface area contributed by atoms with Crippen LogP contribution >= 0.6 is 0 Å². The molecule has 0 bridgehead atoms. The van der Waals surface area contributed by atoms with Crippen molar-refractivity contribution in [3.05, 3.63) is 70.8 Å². The van der Waals surface area contributed by atoms with Crippen LogP contribution in [0.5, 0.6) is 0 Å². The van der Waals surface area contributed by atoms with Gasteiger partial charge in [-0.05, 0) is 70.5 Å². The van der Waals surface area contributed by atoms with E-state index in [1.807, 2.05) is 0 Å². The van der Waals surface area contributed by atoms with Gasteiger partial charge in [-0.1, -0.05) is 42.5 Å². The third-order valence-corrected chi connectivity index (χ3v) is 4.47. The molecule has 1 aliphatic carbocycles. The minimum Gasteiger partial charge on any atom is -0.0619 e. The van der Waals surface area contributed by atoms with E-state index in [-0.39, 0.29) is 0 Å². The maximum atomic E-state index is 2.39. The lowest BCUT2D eigenvalue weighted by molar-refractivity contribution is 1.27. The third-order valence-electron chi connectivity index (χ3n) is 4.47. The molecule has 3 aromatic carbocycles. The van der Waals surface area contributed by atoms with Gasteiger partial charge in [0.2, 0.25) is 0 Å². The zero-order chi connectivity index (χ0) is 13.0. The van der Waals surface area contributed by atoms with E-state index in [4.69, 9.17) is 0 Å². The summed E-state index contributed by atoms with van der Waals surface area (Å²) in [5, 5.41) is 2.77. The molecule has 0 fully saturated rings. The molecule has 0 saturated heterocycles. The molecular weight excluding hydrogens is 228 g/mol. The number of fused-ring (bicyclic) bond motifs is 4. The van der Waals surface area contributed by atoms with Gasteiger partial charge in [-0.2, -0.15) is 0 Å². The van der Waals surface area contributed by atoms with Crippen LogP contribution in [0.2, 0.25) is 0 Å². The molecule has 0 aliphatic heterocycles. The van der Waals surface area contributed by atoms with Crippen LogP contribution in [0.4, 0.5) is 0 Å². The molecule has 0 radical (unpaired) electrons. The van der Waals surface area contributed by atoms with Crippen molar-refractivity contribution in [1.82, 2.24) is 0 Å². The number of hydrogen-bond donors (Lipinski definition) is 0. The van der Waals surface area contributed by atoms with E-state index < -0.39 is 0 Å². The summed E-state index contributed by atoms with van der Waals surface area (Å²) in [6.45, 7) is 4.42. The minimum atomic E-state index is 1.08. The van der Waals surface area contributed by atoms with Gasteiger partial charge in [0.15, 0.2) is 0 Å². The second-order valence-electron chi connectivity index (χ2n) is 5.57. The Hall–Kier alpha value is -2.08. The minimum absolute atomic E-state index is 1.08. The average Bonchev–Trinajstić information content (AvgIpc) is 2.79. The topological polar surface area (TPSA) is 0 Å². The zero-order valence-electron chi connectivity index (χ0n) is 11.3. The van der Waals surface area contributed by atoms with Crippen molar-refractivity contribution in [3.63, 3.8) is 0 Å². The van der Waals surface area contributed by atoms with Gasteiger partial charge >= 0.3 is 0 Å². The van der Waals surface area contributed by atoms with Gasteiger partial charge in [0.05, 0.1) is 0 Å². The van der Waals surface area contributed by atoms with Gasteiger partial charge < -0.3 is 0 Å². The van der Waals surface area contributed by atoms with Crippen molar-refractivity contribution >= 4 is 10.8 Å². The van der Waals surface area contributed by atoms with Crippen LogP contribution in [0.3, 0.4) is 0 Å². The summed E-state index contributed by atoms with van der Waals surface area (Å²) < 4.78 is 0. The zero-order valence-corrected chi connectivity index (χ0v) is 11.3. The average molecular weight is 244 g/mol.